The molecule has 1 aliphatic carbocycles. The fourth-order valence-electron chi connectivity index (χ4n) is 2.75. The predicted molar refractivity (Wildman–Crippen MR) is 105 cm³/mol. The summed E-state index contributed by atoms with van der Waals surface area (Å²) < 4.78 is 7.06. The van der Waals surface area contributed by atoms with Crippen molar-refractivity contribution in [1.82, 2.24) is 14.8 Å². The van der Waals surface area contributed by atoms with Gasteiger partial charge in [-0.1, -0.05) is 0 Å². The molecule has 1 saturated carbocycles. The van der Waals surface area contributed by atoms with Crippen LogP contribution in [0, 0.1) is 5.92 Å². The molecule has 0 saturated heterocycles. The summed E-state index contributed by atoms with van der Waals surface area (Å²) >= 11 is 1.41. The number of aromatic nitrogens is 3. The Morgan fingerprint density at radius 2 is 2.07 bits per heavy atom. The highest BCUT2D eigenvalue weighted by atomic mass is 32.1. The summed E-state index contributed by atoms with van der Waals surface area (Å²) in [5.41, 5.74) is 0.626. The van der Waals surface area contributed by atoms with E-state index in [4.69, 9.17) is 4.74 Å². The number of carbonyl (C=O) groups is 2. The van der Waals surface area contributed by atoms with Crippen molar-refractivity contribution in [3.63, 3.8) is 0 Å². The van der Waals surface area contributed by atoms with Gasteiger partial charge in [0.1, 0.15) is 0 Å². The summed E-state index contributed by atoms with van der Waals surface area (Å²) in [6.07, 6.45) is 3.41. The van der Waals surface area contributed by atoms with E-state index < -0.39 is 5.97 Å². The summed E-state index contributed by atoms with van der Waals surface area (Å²) in [6.45, 7) is 0. The molecule has 1 fully saturated rings. The molecule has 3 aromatic heterocycles. The van der Waals surface area contributed by atoms with Gasteiger partial charge in [0.25, 0.3) is 5.56 Å². The molecule has 0 aliphatic heterocycles. The smallest absolute Gasteiger partial charge is 0.360 e. The van der Waals surface area contributed by atoms with Crippen molar-refractivity contribution in [2.75, 3.05) is 17.7 Å². The molecule has 3 aromatic rings. The third-order valence-electron chi connectivity index (χ3n) is 4.44. The number of fused-ring (bicyclic) bond motifs is 1. The zero-order valence-corrected chi connectivity index (χ0v) is 16.0. The monoisotopic (exact) mass is 399 g/mol. The zero-order chi connectivity index (χ0) is 19.8. The molecule has 1 amide bonds. The minimum Gasteiger partial charge on any atom is -0.464 e. The molecule has 0 aromatic carbocycles. The Morgan fingerprint density at radius 1 is 1.29 bits per heavy atom. The molecule has 4 rings (SSSR count). The first-order chi connectivity index (χ1) is 13.5. The van der Waals surface area contributed by atoms with Crippen LogP contribution in [0.3, 0.4) is 0 Å². The Bertz CT molecular complexity index is 1150. The van der Waals surface area contributed by atoms with Crippen molar-refractivity contribution in [2.24, 2.45) is 13.0 Å². The number of esters is 1. The molecule has 9 nitrogen and oxygen atoms in total. The van der Waals surface area contributed by atoms with Crippen LogP contribution in [0.25, 0.3) is 10.1 Å². The highest BCUT2D eigenvalue weighted by molar-refractivity contribution is 7.17. The first-order valence-corrected chi connectivity index (χ1v) is 9.46. The molecule has 0 atom stereocenters. The summed E-state index contributed by atoms with van der Waals surface area (Å²) in [5.74, 6) is -0.578. The van der Waals surface area contributed by atoms with E-state index in [1.807, 2.05) is 6.07 Å². The lowest BCUT2D eigenvalue weighted by Crippen LogP contribution is -2.18. The van der Waals surface area contributed by atoms with Crippen molar-refractivity contribution >= 4 is 50.5 Å². The standard InChI is InChI=1S/C18H17N5O4S/c1-23-6-5-12-14(17(23)25)11(8-28-12)19-10-7-13(20-16(24)9-3-4-9)21-22-15(10)18(26)27-2/h5-9H,3-4H2,1-2H3,(H2,19,20,21,24). The van der Waals surface area contributed by atoms with Gasteiger partial charge in [0.15, 0.2) is 11.5 Å². The van der Waals surface area contributed by atoms with Gasteiger partial charge in [-0.15, -0.1) is 21.5 Å². The number of aryl methyl sites for hydroxylation is 1. The van der Waals surface area contributed by atoms with E-state index in [1.165, 1.54) is 29.1 Å². The molecule has 0 unspecified atom stereocenters. The number of anilines is 3. The topological polar surface area (TPSA) is 115 Å². The van der Waals surface area contributed by atoms with Gasteiger partial charge in [-0.25, -0.2) is 4.79 Å². The minimum absolute atomic E-state index is 0.00216. The van der Waals surface area contributed by atoms with Gasteiger partial charge in [0.2, 0.25) is 5.91 Å². The summed E-state index contributed by atoms with van der Waals surface area (Å²) in [7, 11) is 2.91. The molecule has 3 heterocycles. The van der Waals surface area contributed by atoms with Crippen LogP contribution >= 0.6 is 11.3 Å². The fraction of sp³-hybridized carbons (Fsp3) is 0.278. The number of nitrogens with one attached hydrogen (secondary N) is 2. The Balaban J connectivity index is 1.74. The van der Waals surface area contributed by atoms with E-state index in [0.29, 0.717) is 16.8 Å². The molecular weight excluding hydrogens is 382 g/mol. The number of ether oxygens (including phenoxy) is 1. The SMILES string of the molecule is COC(=O)c1nnc(NC(=O)C2CC2)cc1Nc1csc2ccn(C)c(=O)c12. The Morgan fingerprint density at radius 3 is 2.79 bits per heavy atom. The van der Waals surface area contributed by atoms with Crippen LogP contribution in [-0.2, 0) is 16.6 Å². The van der Waals surface area contributed by atoms with Crippen LogP contribution in [0.15, 0.2) is 28.5 Å². The number of carbonyl (C=O) groups excluding carboxylic acids is 2. The molecule has 0 spiro atoms. The van der Waals surface area contributed by atoms with Gasteiger partial charge in [0.05, 0.1) is 23.9 Å². The second kappa shape index (κ2) is 7.04. The first-order valence-electron chi connectivity index (χ1n) is 8.58. The number of amides is 1. The fourth-order valence-corrected chi connectivity index (χ4v) is 3.62. The molecule has 28 heavy (non-hydrogen) atoms. The van der Waals surface area contributed by atoms with Crippen molar-refractivity contribution in [3.05, 3.63) is 39.8 Å². The molecule has 144 valence electrons. The average molecular weight is 399 g/mol. The van der Waals surface area contributed by atoms with Crippen LogP contribution in [0.2, 0.25) is 0 Å². The van der Waals surface area contributed by atoms with Crippen molar-refractivity contribution in [1.29, 1.82) is 0 Å². The summed E-state index contributed by atoms with van der Waals surface area (Å²) in [5, 5.41) is 15.9. The Hall–Kier alpha value is -3.27. The predicted octanol–water partition coefficient (Wildman–Crippen LogP) is 2.27. The summed E-state index contributed by atoms with van der Waals surface area (Å²) in [6, 6.07) is 3.36. The molecule has 2 N–H and O–H groups in total. The maximum atomic E-state index is 12.5. The number of methoxy groups -OCH3 is 1. The quantitative estimate of drug-likeness (QED) is 0.632. The van der Waals surface area contributed by atoms with Crippen molar-refractivity contribution < 1.29 is 14.3 Å². The van der Waals surface area contributed by atoms with E-state index in [0.717, 1.165) is 17.5 Å². The Labute approximate surface area is 163 Å². The van der Waals surface area contributed by atoms with E-state index in [-0.39, 0.29) is 28.9 Å². The van der Waals surface area contributed by atoms with Crippen molar-refractivity contribution in [3.8, 4) is 0 Å². The molecule has 10 heteroatoms. The highest BCUT2D eigenvalue weighted by Crippen LogP contribution is 2.32. The average Bonchev–Trinajstić information content (AvgIpc) is 3.46. The van der Waals surface area contributed by atoms with Crippen LogP contribution in [0.4, 0.5) is 17.2 Å². The van der Waals surface area contributed by atoms with Gasteiger partial charge < -0.3 is 19.9 Å². The third-order valence-corrected chi connectivity index (χ3v) is 5.39. The first kappa shape index (κ1) is 18.1. The van der Waals surface area contributed by atoms with Gasteiger partial charge in [-0.3, -0.25) is 9.59 Å². The summed E-state index contributed by atoms with van der Waals surface area (Å²) in [4.78, 5) is 36.6. The van der Waals surface area contributed by atoms with Gasteiger partial charge in [0, 0.05) is 35.3 Å². The zero-order valence-electron chi connectivity index (χ0n) is 15.2. The number of thiophene rings is 1. The van der Waals surface area contributed by atoms with Gasteiger partial charge in [-0.05, 0) is 18.9 Å². The lowest BCUT2D eigenvalue weighted by atomic mass is 10.2. The largest absolute Gasteiger partial charge is 0.464 e. The van der Waals surface area contributed by atoms with Gasteiger partial charge >= 0.3 is 5.97 Å². The lowest BCUT2D eigenvalue weighted by molar-refractivity contribution is -0.117. The van der Waals surface area contributed by atoms with Crippen LogP contribution in [0.1, 0.15) is 23.3 Å². The van der Waals surface area contributed by atoms with E-state index >= 15 is 0 Å². The third kappa shape index (κ3) is 3.33. The number of nitrogens with zero attached hydrogens (tertiary/aromatic N) is 3. The van der Waals surface area contributed by atoms with Crippen LogP contribution in [-0.4, -0.2) is 33.8 Å². The molecular formula is C18H17N5O4S. The molecule has 0 bridgehead atoms. The lowest BCUT2D eigenvalue weighted by Gasteiger charge is -2.11. The van der Waals surface area contributed by atoms with E-state index in [1.54, 1.807) is 18.6 Å². The second-order valence-corrected chi connectivity index (χ2v) is 7.40. The maximum absolute atomic E-state index is 12.5. The number of pyridine rings is 1. The minimum atomic E-state index is -0.678. The van der Waals surface area contributed by atoms with Crippen molar-refractivity contribution in [2.45, 2.75) is 12.8 Å². The molecule has 1 aliphatic rings. The number of hydrogen-bond acceptors (Lipinski definition) is 8. The van der Waals surface area contributed by atoms with E-state index in [2.05, 4.69) is 20.8 Å². The molecule has 0 radical (unpaired) electrons. The van der Waals surface area contributed by atoms with Gasteiger partial charge in [-0.2, -0.15) is 0 Å². The van der Waals surface area contributed by atoms with Crippen LogP contribution < -0.4 is 16.2 Å². The van der Waals surface area contributed by atoms with E-state index in [9.17, 15) is 14.4 Å². The number of hydrogen-bond donors (Lipinski definition) is 2. The Kier molecular flexibility index (Phi) is 4.55. The number of rotatable bonds is 5. The highest BCUT2D eigenvalue weighted by Gasteiger charge is 2.30. The normalized spacial score (nSPS) is 13.4. The second-order valence-electron chi connectivity index (χ2n) is 6.49. The van der Waals surface area contributed by atoms with Crippen LogP contribution in [0.5, 0.6) is 0 Å². The maximum Gasteiger partial charge on any atom is 0.360 e.